The van der Waals surface area contributed by atoms with Gasteiger partial charge >= 0.3 is 0 Å². The summed E-state index contributed by atoms with van der Waals surface area (Å²) in [5.74, 6) is -0.301. The molecular formula is C18H20N2O4. The van der Waals surface area contributed by atoms with Gasteiger partial charge < -0.3 is 10.4 Å². The molecule has 0 aliphatic carbocycles. The second kappa shape index (κ2) is 8.21. The van der Waals surface area contributed by atoms with E-state index in [2.05, 4.69) is 5.32 Å². The molecule has 0 aromatic heterocycles. The van der Waals surface area contributed by atoms with Crippen molar-refractivity contribution in [3.05, 3.63) is 75.8 Å². The Morgan fingerprint density at radius 3 is 2.46 bits per heavy atom. The van der Waals surface area contributed by atoms with Crippen molar-refractivity contribution in [2.45, 2.75) is 31.9 Å². The minimum absolute atomic E-state index is 0.00970. The Balaban J connectivity index is 2.03. The molecule has 0 spiro atoms. The third kappa shape index (κ3) is 4.63. The molecule has 0 heterocycles. The molecule has 2 aromatic rings. The summed E-state index contributed by atoms with van der Waals surface area (Å²) in [6.07, 6.45) is -0.349. The molecule has 1 amide bonds. The van der Waals surface area contributed by atoms with E-state index >= 15 is 0 Å². The number of nitro groups is 1. The molecular weight excluding hydrogens is 308 g/mol. The quantitative estimate of drug-likeness (QED) is 0.602. The first-order valence-electron chi connectivity index (χ1n) is 7.78. The van der Waals surface area contributed by atoms with Crippen LogP contribution >= 0.6 is 0 Å². The fourth-order valence-corrected chi connectivity index (χ4v) is 2.50. The maximum Gasteiger partial charge on any atom is 0.269 e. The number of hydrogen-bond donors (Lipinski definition) is 2. The lowest BCUT2D eigenvalue weighted by Crippen LogP contribution is -2.29. The summed E-state index contributed by atoms with van der Waals surface area (Å²) in [6.45, 7) is 1.89. The predicted octanol–water partition coefficient (Wildman–Crippen LogP) is 3.29. The number of non-ortho nitro benzene ring substituents is 1. The maximum atomic E-state index is 12.2. The summed E-state index contributed by atoms with van der Waals surface area (Å²) >= 11 is 0. The number of carbonyl (C=O) groups is 1. The van der Waals surface area contributed by atoms with E-state index in [0.717, 1.165) is 0 Å². The average Bonchev–Trinajstić information content (AvgIpc) is 2.60. The number of rotatable bonds is 7. The molecule has 126 valence electrons. The van der Waals surface area contributed by atoms with Crippen molar-refractivity contribution in [1.82, 2.24) is 5.32 Å². The van der Waals surface area contributed by atoms with Gasteiger partial charge in [0.1, 0.15) is 0 Å². The normalized spacial score (nSPS) is 13.1. The van der Waals surface area contributed by atoms with Crippen molar-refractivity contribution in [3.63, 3.8) is 0 Å². The minimum Gasteiger partial charge on any atom is -0.388 e. The summed E-state index contributed by atoms with van der Waals surface area (Å²) in [5.41, 5.74) is 1.34. The van der Waals surface area contributed by atoms with Crippen LogP contribution in [-0.2, 0) is 4.79 Å². The molecule has 6 nitrogen and oxygen atoms in total. The highest BCUT2D eigenvalue weighted by Crippen LogP contribution is 2.22. The molecule has 0 radical (unpaired) electrons. The van der Waals surface area contributed by atoms with Crippen LogP contribution in [0.25, 0.3) is 0 Å². The van der Waals surface area contributed by atoms with E-state index in [1.54, 1.807) is 36.4 Å². The molecule has 0 bridgehead atoms. The molecule has 0 aliphatic heterocycles. The van der Waals surface area contributed by atoms with Gasteiger partial charge in [-0.1, -0.05) is 49.4 Å². The topological polar surface area (TPSA) is 92.5 Å². The average molecular weight is 328 g/mol. The van der Waals surface area contributed by atoms with Crippen LogP contribution in [0.2, 0.25) is 0 Å². The lowest BCUT2D eigenvalue weighted by molar-refractivity contribution is -0.384. The number of amides is 1. The number of nitrogens with one attached hydrogen (secondary N) is 1. The fraction of sp³-hybridized carbons (Fsp3) is 0.278. The molecule has 2 unspecified atom stereocenters. The number of aliphatic hydroxyl groups excluding tert-OH is 1. The van der Waals surface area contributed by atoms with Gasteiger partial charge in [0, 0.05) is 12.1 Å². The monoisotopic (exact) mass is 328 g/mol. The molecule has 2 rings (SSSR count). The van der Waals surface area contributed by atoms with Crippen molar-refractivity contribution in [2.24, 2.45) is 0 Å². The Kier molecular flexibility index (Phi) is 6.03. The molecule has 0 aliphatic rings. The summed E-state index contributed by atoms with van der Waals surface area (Å²) in [7, 11) is 0. The van der Waals surface area contributed by atoms with Crippen molar-refractivity contribution < 1.29 is 14.8 Å². The largest absolute Gasteiger partial charge is 0.388 e. The van der Waals surface area contributed by atoms with Crippen LogP contribution < -0.4 is 5.32 Å². The van der Waals surface area contributed by atoms with Crippen molar-refractivity contribution in [3.8, 4) is 0 Å². The third-order valence-electron chi connectivity index (χ3n) is 3.79. The van der Waals surface area contributed by atoms with Gasteiger partial charge in [0.2, 0.25) is 5.91 Å². The number of nitrogens with zero attached hydrogens (tertiary/aromatic N) is 1. The summed E-state index contributed by atoms with van der Waals surface area (Å²) in [6, 6.07) is 14.8. The van der Waals surface area contributed by atoms with Crippen molar-refractivity contribution in [1.29, 1.82) is 0 Å². The molecule has 2 atom stereocenters. The molecule has 2 aromatic carbocycles. The molecule has 2 N–H and O–H groups in total. The Morgan fingerprint density at radius 1 is 1.17 bits per heavy atom. The van der Waals surface area contributed by atoms with Crippen molar-refractivity contribution in [2.75, 3.05) is 0 Å². The third-order valence-corrected chi connectivity index (χ3v) is 3.79. The molecule has 0 saturated heterocycles. The van der Waals surface area contributed by atoms with Crippen molar-refractivity contribution >= 4 is 11.6 Å². The first kappa shape index (κ1) is 17.6. The predicted molar refractivity (Wildman–Crippen MR) is 90.3 cm³/mol. The first-order valence-corrected chi connectivity index (χ1v) is 7.78. The lowest BCUT2D eigenvalue weighted by atomic mass is 10.0. The Bertz CT molecular complexity index is 703. The Hall–Kier alpha value is -2.73. The van der Waals surface area contributed by atoms with E-state index < -0.39 is 11.0 Å². The highest BCUT2D eigenvalue weighted by Gasteiger charge is 2.18. The zero-order valence-corrected chi connectivity index (χ0v) is 13.4. The van der Waals surface area contributed by atoms with Crippen LogP contribution in [0, 0.1) is 10.1 Å². The van der Waals surface area contributed by atoms with E-state index in [1.807, 2.05) is 13.0 Å². The van der Waals surface area contributed by atoms with Gasteiger partial charge in [-0.15, -0.1) is 0 Å². The van der Waals surface area contributed by atoms with Crippen LogP contribution in [0.5, 0.6) is 0 Å². The molecule has 6 heteroatoms. The van der Waals surface area contributed by atoms with Gasteiger partial charge in [0.05, 0.1) is 23.5 Å². The minimum atomic E-state index is -0.881. The smallest absolute Gasteiger partial charge is 0.269 e. The Labute approximate surface area is 140 Å². The van der Waals surface area contributed by atoms with Crippen LogP contribution in [-0.4, -0.2) is 15.9 Å². The standard InChI is InChI=1S/C18H20N2O4/c1-2-16(14-9-6-10-15(11-14)20(23)24)19-18(22)12-17(21)13-7-4-3-5-8-13/h3-11,16-17,21H,2,12H2,1H3,(H,19,22). The fourth-order valence-electron chi connectivity index (χ4n) is 2.50. The number of carbonyl (C=O) groups excluding carboxylic acids is 1. The first-order chi connectivity index (χ1) is 11.5. The van der Waals surface area contributed by atoms with Crippen LogP contribution in [0.1, 0.15) is 43.0 Å². The number of hydrogen-bond acceptors (Lipinski definition) is 4. The molecule has 0 fully saturated rings. The van der Waals surface area contributed by atoms with Gasteiger partial charge in [0.15, 0.2) is 0 Å². The molecule has 24 heavy (non-hydrogen) atoms. The van der Waals surface area contributed by atoms with Gasteiger partial charge in [-0.3, -0.25) is 14.9 Å². The second-order valence-corrected chi connectivity index (χ2v) is 5.51. The summed E-state index contributed by atoms with van der Waals surface area (Å²) in [5, 5.41) is 23.8. The van der Waals surface area contributed by atoms with E-state index in [-0.39, 0.29) is 24.1 Å². The summed E-state index contributed by atoms with van der Waals surface area (Å²) < 4.78 is 0. The second-order valence-electron chi connectivity index (χ2n) is 5.51. The number of benzene rings is 2. The summed E-state index contributed by atoms with van der Waals surface area (Å²) in [4.78, 5) is 22.6. The van der Waals surface area contributed by atoms with Gasteiger partial charge in [-0.2, -0.15) is 0 Å². The van der Waals surface area contributed by atoms with Crippen LogP contribution in [0.3, 0.4) is 0 Å². The molecule has 0 saturated carbocycles. The maximum absolute atomic E-state index is 12.2. The van der Waals surface area contributed by atoms with Gasteiger partial charge in [-0.25, -0.2) is 0 Å². The van der Waals surface area contributed by atoms with Gasteiger partial charge in [-0.05, 0) is 17.5 Å². The highest BCUT2D eigenvalue weighted by molar-refractivity contribution is 5.77. The van der Waals surface area contributed by atoms with Gasteiger partial charge in [0.25, 0.3) is 5.69 Å². The highest BCUT2D eigenvalue weighted by atomic mass is 16.6. The Morgan fingerprint density at radius 2 is 1.83 bits per heavy atom. The van der Waals surface area contributed by atoms with Crippen LogP contribution in [0.15, 0.2) is 54.6 Å². The number of aliphatic hydroxyl groups is 1. The zero-order chi connectivity index (χ0) is 17.5. The van der Waals surface area contributed by atoms with Crippen LogP contribution in [0.4, 0.5) is 5.69 Å². The van der Waals surface area contributed by atoms with E-state index in [0.29, 0.717) is 17.5 Å². The van der Waals surface area contributed by atoms with E-state index in [1.165, 1.54) is 12.1 Å². The number of nitro benzene ring substituents is 1. The zero-order valence-electron chi connectivity index (χ0n) is 13.4. The lowest BCUT2D eigenvalue weighted by Gasteiger charge is -2.19. The van der Waals surface area contributed by atoms with E-state index in [9.17, 15) is 20.0 Å². The van der Waals surface area contributed by atoms with E-state index in [4.69, 9.17) is 0 Å². The SMILES string of the molecule is CCC(NC(=O)CC(O)c1ccccc1)c1cccc([N+](=O)[O-])c1.